The molecule has 1 atom stereocenters. The Labute approximate surface area is 119 Å². The number of pyridine rings is 1. The molecule has 1 aromatic heterocycles. The predicted molar refractivity (Wildman–Crippen MR) is 78.6 cm³/mol. The summed E-state index contributed by atoms with van der Waals surface area (Å²) in [5, 5.41) is 8.40. The van der Waals surface area contributed by atoms with E-state index in [0.717, 1.165) is 6.42 Å². The number of rotatable bonds is 7. The van der Waals surface area contributed by atoms with Gasteiger partial charge in [0.1, 0.15) is 11.5 Å². The van der Waals surface area contributed by atoms with Crippen LogP contribution in [-0.4, -0.2) is 36.4 Å². The lowest BCUT2D eigenvalue weighted by Crippen LogP contribution is -2.35. The van der Waals surface area contributed by atoms with Crippen molar-refractivity contribution < 1.29 is 9.59 Å². The Balaban J connectivity index is 2.38. The van der Waals surface area contributed by atoms with Gasteiger partial charge in [-0.1, -0.05) is 13.0 Å². The average Bonchev–Trinajstić information content (AvgIpc) is 2.46. The third-order valence-electron chi connectivity index (χ3n) is 2.90. The van der Waals surface area contributed by atoms with Gasteiger partial charge in [0.05, 0.1) is 0 Å². The molecular formula is C14H22N4O2. The molecule has 1 unspecified atom stereocenters. The van der Waals surface area contributed by atoms with Gasteiger partial charge in [0.15, 0.2) is 0 Å². The fourth-order valence-electron chi connectivity index (χ4n) is 1.53. The highest BCUT2D eigenvalue weighted by Crippen LogP contribution is 2.03. The predicted octanol–water partition coefficient (Wildman–Crippen LogP) is 1.16. The standard InChI is InChI=1S/C14H22N4O2/c1-4-10(2)17-13(19)8-9-16-14(20)11-6-5-7-12(15-3)18-11/h5-7,10H,4,8-9H2,1-3H3,(H,15,18)(H,16,20)(H,17,19). The van der Waals surface area contributed by atoms with E-state index in [1.165, 1.54) is 0 Å². The summed E-state index contributed by atoms with van der Waals surface area (Å²) in [6.45, 7) is 4.25. The van der Waals surface area contributed by atoms with Gasteiger partial charge in [-0.3, -0.25) is 9.59 Å². The van der Waals surface area contributed by atoms with Crippen molar-refractivity contribution in [2.75, 3.05) is 18.9 Å². The summed E-state index contributed by atoms with van der Waals surface area (Å²) in [7, 11) is 1.74. The third kappa shape index (κ3) is 5.26. The summed E-state index contributed by atoms with van der Waals surface area (Å²) in [6.07, 6.45) is 1.15. The zero-order chi connectivity index (χ0) is 15.0. The first-order valence-corrected chi connectivity index (χ1v) is 6.79. The fourth-order valence-corrected chi connectivity index (χ4v) is 1.53. The summed E-state index contributed by atoms with van der Waals surface area (Å²) in [5.41, 5.74) is 0.333. The SMILES string of the molecule is CCC(C)NC(=O)CCNC(=O)c1cccc(NC)n1. The number of hydrogen-bond acceptors (Lipinski definition) is 4. The lowest BCUT2D eigenvalue weighted by molar-refractivity contribution is -0.121. The molecule has 3 N–H and O–H groups in total. The van der Waals surface area contributed by atoms with E-state index < -0.39 is 0 Å². The van der Waals surface area contributed by atoms with Gasteiger partial charge in [0.2, 0.25) is 5.91 Å². The van der Waals surface area contributed by atoms with E-state index in [1.807, 2.05) is 13.8 Å². The van der Waals surface area contributed by atoms with Crippen molar-refractivity contribution in [2.24, 2.45) is 0 Å². The summed E-state index contributed by atoms with van der Waals surface area (Å²) >= 11 is 0. The van der Waals surface area contributed by atoms with Crippen molar-refractivity contribution in [1.82, 2.24) is 15.6 Å². The Morgan fingerprint density at radius 3 is 2.75 bits per heavy atom. The molecule has 0 aliphatic heterocycles. The van der Waals surface area contributed by atoms with Crippen LogP contribution >= 0.6 is 0 Å². The highest BCUT2D eigenvalue weighted by molar-refractivity contribution is 5.92. The zero-order valence-electron chi connectivity index (χ0n) is 12.2. The third-order valence-corrected chi connectivity index (χ3v) is 2.90. The van der Waals surface area contributed by atoms with E-state index in [4.69, 9.17) is 0 Å². The van der Waals surface area contributed by atoms with Crippen LogP contribution in [0.1, 0.15) is 37.2 Å². The minimum Gasteiger partial charge on any atom is -0.373 e. The van der Waals surface area contributed by atoms with Crippen molar-refractivity contribution in [3.05, 3.63) is 23.9 Å². The van der Waals surface area contributed by atoms with E-state index in [9.17, 15) is 9.59 Å². The Hall–Kier alpha value is -2.11. The Morgan fingerprint density at radius 1 is 1.35 bits per heavy atom. The van der Waals surface area contributed by atoms with Crippen molar-refractivity contribution in [2.45, 2.75) is 32.7 Å². The van der Waals surface area contributed by atoms with Crippen molar-refractivity contribution in [3.8, 4) is 0 Å². The summed E-state index contributed by atoms with van der Waals surface area (Å²) < 4.78 is 0. The molecule has 0 radical (unpaired) electrons. The van der Waals surface area contributed by atoms with E-state index >= 15 is 0 Å². The van der Waals surface area contributed by atoms with Gasteiger partial charge in [-0.25, -0.2) is 4.98 Å². The first-order valence-electron chi connectivity index (χ1n) is 6.79. The molecule has 1 aromatic rings. The fraction of sp³-hybridized carbons (Fsp3) is 0.500. The van der Waals surface area contributed by atoms with Crippen LogP contribution in [0, 0.1) is 0 Å². The normalized spacial score (nSPS) is 11.6. The van der Waals surface area contributed by atoms with Gasteiger partial charge in [-0.05, 0) is 25.5 Å². The topological polar surface area (TPSA) is 83.1 Å². The summed E-state index contributed by atoms with van der Waals surface area (Å²) in [4.78, 5) is 27.5. The molecule has 0 aromatic carbocycles. The van der Waals surface area contributed by atoms with Crippen LogP contribution in [0.5, 0.6) is 0 Å². The molecule has 0 aliphatic carbocycles. The van der Waals surface area contributed by atoms with Crippen LogP contribution in [0.4, 0.5) is 5.82 Å². The first kappa shape index (κ1) is 15.9. The molecule has 110 valence electrons. The molecular weight excluding hydrogens is 256 g/mol. The van der Waals surface area contributed by atoms with Crippen LogP contribution < -0.4 is 16.0 Å². The maximum Gasteiger partial charge on any atom is 0.269 e. The number of carbonyl (C=O) groups is 2. The van der Waals surface area contributed by atoms with Gasteiger partial charge >= 0.3 is 0 Å². The Morgan fingerprint density at radius 2 is 2.10 bits per heavy atom. The van der Waals surface area contributed by atoms with E-state index in [-0.39, 0.29) is 24.3 Å². The van der Waals surface area contributed by atoms with Gasteiger partial charge in [0, 0.05) is 26.1 Å². The maximum absolute atomic E-state index is 11.8. The summed E-state index contributed by atoms with van der Waals surface area (Å²) in [6, 6.07) is 5.32. The number of carbonyl (C=O) groups excluding carboxylic acids is 2. The van der Waals surface area contributed by atoms with Crippen LogP contribution in [-0.2, 0) is 4.79 Å². The molecule has 0 saturated carbocycles. The maximum atomic E-state index is 11.8. The number of amides is 2. The Bertz CT molecular complexity index is 462. The monoisotopic (exact) mass is 278 g/mol. The molecule has 6 nitrogen and oxygen atoms in total. The van der Waals surface area contributed by atoms with Gasteiger partial charge in [-0.15, -0.1) is 0 Å². The number of nitrogens with one attached hydrogen (secondary N) is 3. The zero-order valence-corrected chi connectivity index (χ0v) is 12.2. The van der Waals surface area contributed by atoms with Gasteiger partial charge < -0.3 is 16.0 Å². The largest absolute Gasteiger partial charge is 0.373 e. The van der Waals surface area contributed by atoms with Crippen molar-refractivity contribution in [1.29, 1.82) is 0 Å². The highest BCUT2D eigenvalue weighted by atomic mass is 16.2. The first-order chi connectivity index (χ1) is 9.56. The number of hydrogen-bond donors (Lipinski definition) is 3. The van der Waals surface area contributed by atoms with E-state index in [2.05, 4.69) is 20.9 Å². The second-order valence-electron chi connectivity index (χ2n) is 4.54. The highest BCUT2D eigenvalue weighted by Gasteiger charge is 2.09. The van der Waals surface area contributed by atoms with Crippen molar-refractivity contribution >= 4 is 17.6 Å². The quantitative estimate of drug-likeness (QED) is 0.699. The van der Waals surface area contributed by atoms with Gasteiger partial charge in [-0.2, -0.15) is 0 Å². The molecule has 1 rings (SSSR count). The number of anilines is 1. The molecule has 1 heterocycles. The van der Waals surface area contributed by atoms with Crippen LogP contribution in [0.2, 0.25) is 0 Å². The number of aromatic nitrogens is 1. The second kappa shape index (κ2) is 8.14. The lowest BCUT2D eigenvalue weighted by atomic mass is 10.2. The van der Waals surface area contributed by atoms with Crippen LogP contribution in [0.3, 0.4) is 0 Å². The van der Waals surface area contributed by atoms with Crippen molar-refractivity contribution in [3.63, 3.8) is 0 Å². The summed E-state index contributed by atoms with van der Waals surface area (Å²) in [5.74, 6) is 0.294. The molecule has 6 heteroatoms. The molecule has 20 heavy (non-hydrogen) atoms. The minimum absolute atomic E-state index is 0.0587. The van der Waals surface area contributed by atoms with Gasteiger partial charge in [0.25, 0.3) is 5.91 Å². The molecule has 0 saturated heterocycles. The lowest BCUT2D eigenvalue weighted by Gasteiger charge is -2.11. The molecule has 0 aliphatic rings. The average molecular weight is 278 g/mol. The Kier molecular flexibility index (Phi) is 6.49. The van der Waals surface area contributed by atoms with E-state index in [1.54, 1.807) is 25.2 Å². The second-order valence-corrected chi connectivity index (χ2v) is 4.54. The van der Waals surface area contributed by atoms with Crippen LogP contribution in [0.15, 0.2) is 18.2 Å². The number of nitrogens with zero attached hydrogens (tertiary/aromatic N) is 1. The van der Waals surface area contributed by atoms with E-state index in [0.29, 0.717) is 18.1 Å². The molecule has 2 amide bonds. The smallest absolute Gasteiger partial charge is 0.269 e. The molecule has 0 spiro atoms. The molecule has 0 fully saturated rings. The molecule has 0 bridgehead atoms. The minimum atomic E-state index is -0.279. The van der Waals surface area contributed by atoms with Crippen LogP contribution in [0.25, 0.3) is 0 Å².